The van der Waals surface area contributed by atoms with E-state index in [4.69, 9.17) is 24.1 Å². The fourth-order valence-electron chi connectivity index (χ4n) is 3.99. The molecule has 0 aliphatic carbocycles. The average molecular weight is 584 g/mol. The summed E-state index contributed by atoms with van der Waals surface area (Å²) in [4.78, 5) is 35.3. The maximum atomic E-state index is 13.3. The van der Waals surface area contributed by atoms with Gasteiger partial charge in [-0.1, -0.05) is 17.7 Å². The van der Waals surface area contributed by atoms with Gasteiger partial charge in [0.1, 0.15) is 19.0 Å². The molecular weight excluding hydrogens is 558 g/mol. The maximum Gasteiger partial charge on any atom is 0.303 e. The average Bonchev–Trinajstić information content (AvgIpc) is 3.37. The summed E-state index contributed by atoms with van der Waals surface area (Å²) >= 11 is 0. The first-order valence-corrected chi connectivity index (χ1v) is 14.6. The van der Waals surface area contributed by atoms with E-state index in [9.17, 15) is 26.4 Å². The SMILES string of the molecule is CC(=O)OCC1OC(n2c(S(C)(=O)=O)nc3c(N)ncnc32)C(OS(=O)(=O)c2ccc(C)cc2)C1OC(C)=O. The molecule has 39 heavy (non-hydrogen) atoms. The number of nitrogens with zero attached hydrogens (tertiary/aromatic N) is 4. The third-order valence-electron chi connectivity index (χ3n) is 5.64. The third-order valence-corrected chi connectivity index (χ3v) is 7.92. The van der Waals surface area contributed by atoms with Crippen LogP contribution in [0.2, 0.25) is 0 Å². The molecule has 2 aromatic heterocycles. The van der Waals surface area contributed by atoms with Crippen molar-refractivity contribution < 1.29 is 44.8 Å². The highest BCUT2D eigenvalue weighted by atomic mass is 32.2. The molecule has 4 rings (SSSR count). The van der Waals surface area contributed by atoms with E-state index in [1.54, 1.807) is 19.1 Å². The van der Waals surface area contributed by atoms with Crippen LogP contribution in [0, 0.1) is 6.92 Å². The zero-order valence-corrected chi connectivity index (χ0v) is 22.8. The lowest BCUT2D eigenvalue weighted by atomic mass is 10.1. The Morgan fingerprint density at radius 3 is 2.31 bits per heavy atom. The van der Waals surface area contributed by atoms with Crippen LogP contribution in [-0.4, -0.2) is 79.5 Å². The molecular formula is C22H25N5O10S2. The molecule has 0 radical (unpaired) electrons. The van der Waals surface area contributed by atoms with Crippen molar-refractivity contribution >= 4 is 48.9 Å². The quantitative estimate of drug-likeness (QED) is 0.279. The van der Waals surface area contributed by atoms with Crippen molar-refractivity contribution in [2.45, 2.75) is 55.4 Å². The first kappa shape index (κ1) is 28.3. The van der Waals surface area contributed by atoms with E-state index in [0.29, 0.717) is 0 Å². The topological polar surface area (TPSA) is 209 Å². The van der Waals surface area contributed by atoms with Crippen LogP contribution in [0.25, 0.3) is 11.2 Å². The highest BCUT2D eigenvalue weighted by Crippen LogP contribution is 2.39. The first-order chi connectivity index (χ1) is 18.2. The molecule has 17 heteroatoms. The Morgan fingerprint density at radius 2 is 1.72 bits per heavy atom. The van der Waals surface area contributed by atoms with E-state index >= 15 is 0 Å². The summed E-state index contributed by atoms with van der Waals surface area (Å²) in [6, 6.07) is 5.73. The molecule has 4 unspecified atom stereocenters. The summed E-state index contributed by atoms with van der Waals surface area (Å²) in [5.41, 5.74) is 6.45. The van der Waals surface area contributed by atoms with Crippen LogP contribution in [0.3, 0.4) is 0 Å². The molecule has 3 heterocycles. The Kier molecular flexibility index (Phi) is 7.61. The lowest BCUT2D eigenvalue weighted by molar-refractivity contribution is -0.157. The van der Waals surface area contributed by atoms with Gasteiger partial charge < -0.3 is 19.9 Å². The van der Waals surface area contributed by atoms with Crippen LogP contribution in [-0.2, 0) is 47.9 Å². The number of carbonyl (C=O) groups excluding carboxylic acids is 2. The number of fused-ring (bicyclic) bond motifs is 1. The number of hydrogen-bond donors (Lipinski definition) is 1. The second-order valence-electron chi connectivity index (χ2n) is 8.74. The monoisotopic (exact) mass is 583 g/mol. The fourth-order valence-corrected chi connectivity index (χ4v) is 5.87. The van der Waals surface area contributed by atoms with Gasteiger partial charge in [0.2, 0.25) is 15.0 Å². The number of nitrogen functional groups attached to an aromatic ring is 1. The molecule has 1 aliphatic rings. The van der Waals surface area contributed by atoms with Gasteiger partial charge in [0.05, 0.1) is 4.90 Å². The Morgan fingerprint density at radius 1 is 1.05 bits per heavy atom. The molecule has 2 N–H and O–H groups in total. The van der Waals surface area contributed by atoms with Gasteiger partial charge in [0.15, 0.2) is 35.4 Å². The predicted molar refractivity (Wildman–Crippen MR) is 132 cm³/mol. The number of aromatic nitrogens is 4. The van der Waals surface area contributed by atoms with Gasteiger partial charge in [-0.3, -0.25) is 18.3 Å². The summed E-state index contributed by atoms with van der Waals surface area (Å²) in [5.74, 6) is -1.68. The highest BCUT2D eigenvalue weighted by molar-refractivity contribution is 7.90. The van der Waals surface area contributed by atoms with Gasteiger partial charge in [0, 0.05) is 20.1 Å². The van der Waals surface area contributed by atoms with Gasteiger partial charge in [-0.05, 0) is 19.1 Å². The molecule has 1 aromatic carbocycles. The maximum absolute atomic E-state index is 13.3. The summed E-state index contributed by atoms with van der Waals surface area (Å²) in [5, 5.41) is -0.592. The summed E-state index contributed by atoms with van der Waals surface area (Å²) < 4.78 is 75.1. The molecule has 0 saturated carbocycles. The molecule has 1 fully saturated rings. The van der Waals surface area contributed by atoms with Gasteiger partial charge in [-0.15, -0.1) is 0 Å². The lowest BCUT2D eigenvalue weighted by Crippen LogP contribution is -2.41. The minimum atomic E-state index is -4.54. The number of carbonyl (C=O) groups is 2. The van der Waals surface area contributed by atoms with Crippen LogP contribution in [0.1, 0.15) is 25.6 Å². The van der Waals surface area contributed by atoms with Gasteiger partial charge in [0.25, 0.3) is 10.1 Å². The number of aryl methyl sites for hydroxylation is 1. The van der Waals surface area contributed by atoms with Gasteiger partial charge in [-0.25, -0.2) is 23.4 Å². The van der Waals surface area contributed by atoms with E-state index in [0.717, 1.165) is 36.6 Å². The number of hydrogen-bond acceptors (Lipinski definition) is 14. The largest absolute Gasteiger partial charge is 0.463 e. The molecule has 210 valence electrons. The van der Waals surface area contributed by atoms with E-state index in [1.165, 1.54) is 12.1 Å². The Labute approximate surface area is 223 Å². The van der Waals surface area contributed by atoms with Crippen LogP contribution in [0.15, 0.2) is 40.6 Å². The van der Waals surface area contributed by atoms with Gasteiger partial charge >= 0.3 is 11.9 Å². The van der Waals surface area contributed by atoms with Crippen LogP contribution >= 0.6 is 0 Å². The molecule has 1 saturated heterocycles. The minimum absolute atomic E-state index is 0.103. The Hall–Kier alpha value is -3.67. The number of rotatable bonds is 8. The number of benzene rings is 1. The summed E-state index contributed by atoms with van der Waals surface area (Å²) in [7, 11) is -8.64. The zero-order chi connectivity index (χ0) is 28.7. The Balaban J connectivity index is 1.92. The standard InChI is InChI=1S/C22H25N5O10S2/c1-11-5-7-14(8-6-11)39(32,33)37-18-17(35-13(3)29)15(9-34-12(2)28)36-21(18)27-20-16(19(23)24-10-25-20)26-22(27)38(4,30)31/h5-8,10,15,17-18,21H,9H2,1-4H3,(H2,23,24,25). The van der Waals surface area contributed by atoms with Crippen LogP contribution < -0.4 is 5.73 Å². The molecule has 1 aliphatic heterocycles. The zero-order valence-electron chi connectivity index (χ0n) is 21.2. The smallest absolute Gasteiger partial charge is 0.303 e. The van der Waals surface area contributed by atoms with Crippen molar-refractivity contribution in [2.24, 2.45) is 0 Å². The first-order valence-electron chi connectivity index (χ1n) is 11.3. The van der Waals surface area contributed by atoms with Gasteiger partial charge in [-0.2, -0.15) is 8.42 Å². The number of esters is 2. The lowest BCUT2D eigenvalue weighted by Gasteiger charge is -2.24. The van der Waals surface area contributed by atoms with Crippen molar-refractivity contribution in [3.8, 4) is 0 Å². The Bertz CT molecular complexity index is 1640. The number of anilines is 1. The predicted octanol–water partition coefficient (Wildman–Crippen LogP) is 0.287. The van der Waals surface area contributed by atoms with Crippen molar-refractivity contribution in [3.05, 3.63) is 36.2 Å². The summed E-state index contributed by atoms with van der Waals surface area (Å²) in [6.07, 6.45) is -4.13. The van der Waals surface area contributed by atoms with Crippen molar-refractivity contribution in [2.75, 3.05) is 18.6 Å². The van der Waals surface area contributed by atoms with E-state index in [-0.39, 0.29) is 21.9 Å². The second kappa shape index (κ2) is 10.5. The number of sulfone groups is 1. The van der Waals surface area contributed by atoms with Crippen LogP contribution in [0.5, 0.6) is 0 Å². The molecule has 0 spiro atoms. The van der Waals surface area contributed by atoms with Crippen molar-refractivity contribution in [1.29, 1.82) is 0 Å². The number of nitrogens with two attached hydrogens (primary N) is 1. The van der Waals surface area contributed by atoms with Crippen LogP contribution in [0.4, 0.5) is 5.82 Å². The van der Waals surface area contributed by atoms with E-state index in [2.05, 4.69) is 15.0 Å². The number of ether oxygens (including phenoxy) is 3. The molecule has 15 nitrogen and oxygen atoms in total. The fraction of sp³-hybridized carbons (Fsp3) is 0.409. The minimum Gasteiger partial charge on any atom is -0.463 e. The second-order valence-corrected chi connectivity index (χ2v) is 12.2. The highest BCUT2D eigenvalue weighted by Gasteiger charge is 2.53. The molecule has 0 bridgehead atoms. The molecule has 4 atom stereocenters. The normalized spacial score (nSPS) is 21.6. The molecule has 3 aromatic rings. The van der Waals surface area contributed by atoms with E-state index < -0.39 is 68.2 Å². The third kappa shape index (κ3) is 5.85. The van der Waals surface area contributed by atoms with Crippen molar-refractivity contribution in [3.63, 3.8) is 0 Å². The van der Waals surface area contributed by atoms with Crippen molar-refractivity contribution in [1.82, 2.24) is 19.5 Å². The van der Waals surface area contributed by atoms with E-state index in [1.807, 2.05) is 0 Å². The molecule has 0 amide bonds. The number of imidazole rings is 1. The summed E-state index contributed by atoms with van der Waals surface area (Å²) in [6.45, 7) is 3.49.